The van der Waals surface area contributed by atoms with Crippen molar-refractivity contribution < 1.29 is 0 Å². The maximum absolute atomic E-state index is 2.42. The third-order valence-corrected chi connectivity index (χ3v) is 9.13. The molecule has 8 aromatic carbocycles. The van der Waals surface area contributed by atoms with Crippen molar-refractivity contribution in [3.05, 3.63) is 182 Å². The van der Waals surface area contributed by atoms with Gasteiger partial charge in [-0.05, 0) is 75.8 Å². The van der Waals surface area contributed by atoms with Crippen molar-refractivity contribution in [1.82, 2.24) is 4.57 Å². The predicted molar refractivity (Wildman–Crippen MR) is 196 cm³/mol. The molecule has 46 heavy (non-hydrogen) atoms. The van der Waals surface area contributed by atoms with Crippen LogP contribution in [0.2, 0.25) is 0 Å². The molecule has 0 aliphatic carbocycles. The van der Waals surface area contributed by atoms with Crippen molar-refractivity contribution in [1.29, 1.82) is 0 Å². The zero-order valence-corrected chi connectivity index (χ0v) is 25.2. The number of hydrogen-bond acceptors (Lipinski definition) is 1. The number of benzene rings is 8. The van der Waals surface area contributed by atoms with Crippen molar-refractivity contribution in [3.63, 3.8) is 0 Å². The van der Waals surface area contributed by atoms with Crippen LogP contribution in [0.15, 0.2) is 182 Å². The summed E-state index contributed by atoms with van der Waals surface area (Å²) < 4.78 is 2.42. The second kappa shape index (κ2) is 10.8. The lowest BCUT2D eigenvalue weighted by Crippen LogP contribution is -2.10. The largest absolute Gasteiger partial charge is 0.310 e. The van der Waals surface area contributed by atoms with Crippen molar-refractivity contribution in [2.75, 3.05) is 4.90 Å². The Morgan fingerprint density at radius 2 is 1.04 bits per heavy atom. The molecule has 216 valence electrons. The first-order chi connectivity index (χ1) is 22.8. The standard InChI is InChI=1S/C44H30N2/c1-4-15-31(16-5-1)37-25-14-26-41-44(37)40-28-27-35(30-43(40)46(41)34-20-8-3-9-21-34)45(33-18-6-2-7-19-33)42-29-32-17-10-11-22-36(32)38-23-12-13-24-39(38)42/h1-30H. The van der Waals surface area contributed by atoms with Crippen LogP contribution < -0.4 is 4.90 Å². The van der Waals surface area contributed by atoms with Gasteiger partial charge in [0.1, 0.15) is 0 Å². The summed E-state index contributed by atoms with van der Waals surface area (Å²) in [6, 6.07) is 65.7. The highest BCUT2D eigenvalue weighted by molar-refractivity contribution is 6.18. The molecule has 0 aliphatic heterocycles. The van der Waals surface area contributed by atoms with Gasteiger partial charge in [0.15, 0.2) is 0 Å². The van der Waals surface area contributed by atoms with Crippen LogP contribution in [0.1, 0.15) is 0 Å². The molecule has 0 atom stereocenters. The Kier molecular flexibility index (Phi) is 6.17. The van der Waals surface area contributed by atoms with E-state index in [0.29, 0.717) is 0 Å². The van der Waals surface area contributed by atoms with Gasteiger partial charge in [0.25, 0.3) is 0 Å². The van der Waals surface area contributed by atoms with Gasteiger partial charge in [0.05, 0.1) is 16.7 Å². The Labute approximate surface area is 268 Å². The monoisotopic (exact) mass is 586 g/mol. The Hall–Kier alpha value is -6.12. The molecular formula is C44H30N2. The Morgan fingerprint density at radius 3 is 1.83 bits per heavy atom. The zero-order chi connectivity index (χ0) is 30.5. The van der Waals surface area contributed by atoms with Gasteiger partial charge in [-0.25, -0.2) is 0 Å². The summed E-state index contributed by atoms with van der Waals surface area (Å²) in [4.78, 5) is 2.42. The molecule has 1 aromatic heterocycles. The molecule has 0 saturated heterocycles. The Bertz CT molecular complexity index is 2510. The summed E-state index contributed by atoms with van der Waals surface area (Å²) in [6.45, 7) is 0. The average Bonchev–Trinajstić information content (AvgIpc) is 3.47. The molecule has 1 heterocycles. The fraction of sp³-hybridized carbons (Fsp3) is 0. The molecule has 0 bridgehead atoms. The third kappa shape index (κ3) is 4.19. The minimum Gasteiger partial charge on any atom is -0.310 e. The van der Waals surface area contributed by atoms with Crippen LogP contribution in [0, 0.1) is 0 Å². The summed E-state index contributed by atoms with van der Waals surface area (Å²) in [6.07, 6.45) is 0. The molecule has 0 radical (unpaired) electrons. The van der Waals surface area contributed by atoms with E-state index in [1.54, 1.807) is 0 Å². The lowest BCUT2D eigenvalue weighted by molar-refractivity contribution is 1.18. The van der Waals surface area contributed by atoms with Gasteiger partial charge in [-0.1, -0.05) is 133 Å². The molecule has 0 N–H and O–H groups in total. The number of hydrogen-bond donors (Lipinski definition) is 0. The molecule has 2 nitrogen and oxygen atoms in total. The highest BCUT2D eigenvalue weighted by atomic mass is 15.1. The van der Waals surface area contributed by atoms with E-state index in [4.69, 9.17) is 0 Å². The summed E-state index contributed by atoms with van der Waals surface area (Å²) in [5.74, 6) is 0. The van der Waals surface area contributed by atoms with Gasteiger partial charge in [0.2, 0.25) is 0 Å². The topological polar surface area (TPSA) is 8.17 Å². The smallest absolute Gasteiger partial charge is 0.0562 e. The second-order valence-corrected chi connectivity index (χ2v) is 11.8. The molecule has 0 aliphatic rings. The number of aromatic nitrogens is 1. The molecule has 2 heteroatoms. The molecule has 9 aromatic rings. The Balaban J connectivity index is 1.37. The molecular weight excluding hydrogens is 556 g/mol. The first-order valence-electron chi connectivity index (χ1n) is 15.8. The van der Waals surface area contributed by atoms with Crippen molar-refractivity contribution in [2.45, 2.75) is 0 Å². The maximum Gasteiger partial charge on any atom is 0.0562 e. The SMILES string of the molecule is c1ccc(-c2cccc3c2c2ccc(N(c4ccccc4)c4cc5ccccc5c5ccccc45)cc2n3-c2ccccc2)cc1. The van der Waals surface area contributed by atoms with Crippen molar-refractivity contribution in [3.8, 4) is 16.8 Å². The van der Waals surface area contributed by atoms with Gasteiger partial charge in [0, 0.05) is 33.2 Å². The van der Waals surface area contributed by atoms with Gasteiger partial charge in [-0.15, -0.1) is 0 Å². The fourth-order valence-corrected chi connectivity index (χ4v) is 7.13. The van der Waals surface area contributed by atoms with Crippen LogP contribution >= 0.6 is 0 Å². The van der Waals surface area contributed by atoms with Crippen LogP contribution in [-0.2, 0) is 0 Å². The normalized spacial score (nSPS) is 11.5. The first kappa shape index (κ1) is 26.3. The summed E-state index contributed by atoms with van der Waals surface area (Å²) in [5.41, 5.74) is 9.37. The fourth-order valence-electron chi connectivity index (χ4n) is 7.13. The Morgan fingerprint density at radius 1 is 0.391 bits per heavy atom. The number of anilines is 3. The van der Waals surface area contributed by atoms with Gasteiger partial charge >= 0.3 is 0 Å². The lowest BCUT2D eigenvalue weighted by atomic mass is 9.98. The molecule has 0 unspecified atom stereocenters. The van der Waals surface area contributed by atoms with E-state index in [-0.39, 0.29) is 0 Å². The van der Waals surface area contributed by atoms with Gasteiger partial charge in [-0.2, -0.15) is 0 Å². The quantitative estimate of drug-likeness (QED) is 0.182. The lowest BCUT2D eigenvalue weighted by Gasteiger charge is -2.28. The van der Waals surface area contributed by atoms with Gasteiger partial charge in [-0.3, -0.25) is 0 Å². The maximum atomic E-state index is 2.42. The molecule has 9 rings (SSSR count). The second-order valence-electron chi connectivity index (χ2n) is 11.8. The van der Waals surface area contributed by atoms with Crippen LogP contribution in [0.25, 0.3) is 60.2 Å². The molecule has 0 fully saturated rings. The van der Waals surface area contributed by atoms with Crippen LogP contribution in [-0.4, -0.2) is 4.57 Å². The van der Waals surface area contributed by atoms with Crippen LogP contribution in [0.4, 0.5) is 17.1 Å². The minimum atomic E-state index is 1.11. The van der Waals surface area contributed by atoms with Crippen LogP contribution in [0.5, 0.6) is 0 Å². The summed E-state index contributed by atoms with van der Waals surface area (Å²) in [5, 5.41) is 7.47. The number of rotatable bonds is 5. The highest BCUT2D eigenvalue weighted by Crippen LogP contribution is 2.45. The van der Waals surface area contributed by atoms with Crippen molar-refractivity contribution >= 4 is 60.4 Å². The molecule has 0 amide bonds. The summed E-state index contributed by atoms with van der Waals surface area (Å²) >= 11 is 0. The highest BCUT2D eigenvalue weighted by Gasteiger charge is 2.21. The van der Waals surface area contributed by atoms with E-state index in [2.05, 4.69) is 191 Å². The average molecular weight is 587 g/mol. The minimum absolute atomic E-state index is 1.11. The molecule has 0 saturated carbocycles. The molecule has 0 spiro atoms. The van der Waals surface area contributed by atoms with E-state index in [9.17, 15) is 0 Å². The van der Waals surface area contributed by atoms with E-state index in [1.807, 2.05) is 0 Å². The number of para-hydroxylation sites is 2. The first-order valence-corrected chi connectivity index (χ1v) is 15.8. The van der Waals surface area contributed by atoms with E-state index in [1.165, 1.54) is 54.5 Å². The van der Waals surface area contributed by atoms with Crippen molar-refractivity contribution in [2.24, 2.45) is 0 Å². The van der Waals surface area contributed by atoms with Crippen LogP contribution in [0.3, 0.4) is 0 Å². The van der Waals surface area contributed by atoms with Gasteiger partial charge < -0.3 is 9.47 Å². The summed E-state index contributed by atoms with van der Waals surface area (Å²) in [7, 11) is 0. The van der Waals surface area contributed by atoms with E-state index < -0.39 is 0 Å². The van der Waals surface area contributed by atoms with E-state index in [0.717, 1.165) is 22.7 Å². The zero-order valence-electron chi connectivity index (χ0n) is 25.2. The number of nitrogens with zero attached hydrogens (tertiary/aromatic N) is 2. The predicted octanol–water partition coefficient (Wildman–Crippen LogP) is 12.2. The third-order valence-electron chi connectivity index (χ3n) is 9.13. The number of fused-ring (bicyclic) bond motifs is 6. The van der Waals surface area contributed by atoms with E-state index >= 15 is 0 Å².